The average Bonchev–Trinajstić information content (AvgIpc) is 2.85. The Morgan fingerprint density at radius 2 is 1.94 bits per heavy atom. The molecule has 0 radical (unpaired) electrons. The van der Waals surface area contributed by atoms with Gasteiger partial charge in [0.05, 0.1) is 5.02 Å². The maximum Gasteiger partial charge on any atom is 0.213 e. The summed E-state index contributed by atoms with van der Waals surface area (Å²) in [7, 11) is 4.02. The van der Waals surface area contributed by atoms with Gasteiger partial charge in [-0.3, -0.25) is 4.98 Å². The normalized spacial score (nSPS) is 11.4. The van der Waals surface area contributed by atoms with Gasteiger partial charge in [0.1, 0.15) is 24.5 Å². The summed E-state index contributed by atoms with van der Waals surface area (Å²) < 4.78 is 12.1. The number of hydrogen-bond acceptors (Lipinski definition) is 6. The molecule has 3 heterocycles. The van der Waals surface area contributed by atoms with Crippen molar-refractivity contribution < 1.29 is 9.47 Å². The fourth-order valence-electron chi connectivity index (χ4n) is 3.79. The zero-order valence-corrected chi connectivity index (χ0v) is 20.8. The first kappa shape index (κ1) is 24.2. The van der Waals surface area contributed by atoms with Crippen LogP contribution in [0.25, 0.3) is 16.6 Å². The van der Waals surface area contributed by atoms with Crippen molar-refractivity contribution in [3.05, 3.63) is 107 Å². The van der Waals surface area contributed by atoms with E-state index in [2.05, 4.69) is 33.6 Å². The van der Waals surface area contributed by atoms with Crippen LogP contribution in [0.5, 0.6) is 11.6 Å². The molecule has 4 rings (SSSR count). The number of rotatable bonds is 9. The number of hydrogen-bond donors (Lipinski definition) is 0. The predicted molar refractivity (Wildman–Crippen MR) is 140 cm³/mol. The first-order valence-electron chi connectivity index (χ1n) is 11.2. The standard InChI is InChI=1S/C28H27ClN4O2/c1-5-9-25(33(3)4)22-14-19(2)32-28-21(22)10-8-11-26(28)34-18-23-20(15-30-16-24(23)29)17-35-27-12-6-7-13-31-27/h5-16H,1,17-18H2,2-4H3/b25-9-. The van der Waals surface area contributed by atoms with Gasteiger partial charge in [-0.05, 0) is 31.2 Å². The molecule has 0 bridgehead atoms. The van der Waals surface area contributed by atoms with Gasteiger partial charge in [-0.1, -0.05) is 42.5 Å². The van der Waals surface area contributed by atoms with Gasteiger partial charge in [-0.2, -0.15) is 0 Å². The maximum absolute atomic E-state index is 6.51. The Bertz CT molecular complexity index is 1370. The van der Waals surface area contributed by atoms with E-state index in [9.17, 15) is 0 Å². The Morgan fingerprint density at radius 1 is 1.09 bits per heavy atom. The van der Waals surface area contributed by atoms with Crippen molar-refractivity contribution in [1.82, 2.24) is 19.9 Å². The van der Waals surface area contributed by atoms with Crippen molar-refractivity contribution in [3.8, 4) is 11.6 Å². The Balaban J connectivity index is 1.65. The summed E-state index contributed by atoms with van der Waals surface area (Å²) in [6, 6.07) is 13.5. The maximum atomic E-state index is 6.51. The van der Waals surface area contributed by atoms with E-state index in [1.54, 1.807) is 30.7 Å². The second-order valence-corrected chi connectivity index (χ2v) is 8.56. The summed E-state index contributed by atoms with van der Waals surface area (Å²) in [4.78, 5) is 15.3. The lowest BCUT2D eigenvalue weighted by Crippen LogP contribution is -2.11. The molecule has 0 aliphatic rings. The summed E-state index contributed by atoms with van der Waals surface area (Å²) in [5, 5.41) is 1.51. The SMILES string of the molecule is C=C/C=C(/c1cc(C)nc2c(OCc3c(Cl)cncc3COc3ccccn3)cccc12)N(C)C. The summed E-state index contributed by atoms with van der Waals surface area (Å²) >= 11 is 6.51. The molecule has 0 saturated heterocycles. The highest BCUT2D eigenvalue weighted by Crippen LogP contribution is 2.32. The van der Waals surface area contributed by atoms with Crippen molar-refractivity contribution in [2.45, 2.75) is 20.1 Å². The van der Waals surface area contributed by atoms with Gasteiger partial charge in [-0.25, -0.2) is 9.97 Å². The molecule has 0 atom stereocenters. The molecule has 0 N–H and O–H groups in total. The number of fused-ring (bicyclic) bond motifs is 1. The van der Waals surface area contributed by atoms with Gasteiger partial charge in [0.15, 0.2) is 0 Å². The predicted octanol–water partition coefficient (Wildman–Crippen LogP) is 6.23. The molecule has 0 fully saturated rings. The summed E-state index contributed by atoms with van der Waals surface area (Å²) in [5.74, 6) is 1.21. The molecule has 7 heteroatoms. The van der Waals surface area contributed by atoms with Crippen molar-refractivity contribution in [2.24, 2.45) is 0 Å². The van der Waals surface area contributed by atoms with Gasteiger partial charge in [0.2, 0.25) is 5.88 Å². The Labute approximate surface area is 210 Å². The molecule has 6 nitrogen and oxygen atoms in total. The van der Waals surface area contributed by atoms with Gasteiger partial charge >= 0.3 is 0 Å². The lowest BCUT2D eigenvalue weighted by molar-refractivity contribution is 0.279. The van der Waals surface area contributed by atoms with Crippen LogP contribution in [-0.2, 0) is 13.2 Å². The summed E-state index contributed by atoms with van der Waals surface area (Å²) in [6.45, 7) is 6.37. The molecule has 1 aromatic carbocycles. The minimum absolute atomic E-state index is 0.245. The smallest absolute Gasteiger partial charge is 0.213 e. The third kappa shape index (κ3) is 5.61. The van der Waals surface area contributed by atoms with Crippen LogP contribution < -0.4 is 9.47 Å². The number of aryl methyl sites for hydroxylation is 1. The zero-order chi connectivity index (χ0) is 24.8. The van der Waals surface area contributed by atoms with E-state index in [0.29, 0.717) is 16.7 Å². The third-order valence-electron chi connectivity index (χ3n) is 5.44. The highest BCUT2D eigenvalue weighted by molar-refractivity contribution is 6.31. The van der Waals surface area contributed by atoms with Crippen LogP contribution in [0.4, 0.5) is 0 Å². The molecule has 0 aliphatic heterocycles. The second kappa shape index (κ2) is 11.0. The number of allylic oxidation sites excluding steroid dienone is 2. The van der Waals surface area contributed by atoms with Crippen LogP contribution in [0.15, 0.2) is 79.8 Å². The minimum atomic E-state index is 0.245. The number of para-hydroxylation sites is 1. The molecule has 0 spiro atoms. The van der Waals surface area contributed by atoms with Gasteiger partial charge in [0.25, 0.3) is 0 Å². The van der Waals surface area contributed by atoms with Crippen LogP contribution >= 0.6 is 11.6 Å². The number of benzene rings is 1. The number of aromatic nitrogens is 3. The minimum Gasteiger partial charge on any atom is -0.487 e. The zero-order valence-electron chi connectivity index (χ0n) is 20.0. The highest BCUT2D eigenvalue weighted by atomic mass is 35.5. The first-order chi connectivity index (χ1) is 17.0. The second-order valence-electron chi connectivity index (χ2n) is 8.15. The fourth-order valence-corrected chi connectivity index (χ4v) is 4.02. The Morgan fingerprint density at radius 3 is 2.69 bits per heavy atom. The van der Waals surface area contributed by atoms with E-state index < -0.39 is 0 Å². The number of pyridine rings is 3. The Kier molecular flexibility index (Phi) is 7.63. The van der Waals surface area contributed by atoms with E-state index >= 15 is 0 Å². The van der Waals surface area contributed by atoms with Gasteiger partial charge in [-0.15, -0.1) is 0 Å². The van der Waals surface area contributed by atoms with Crippen molar-refractivity contribution >= 4 is 28.2 Å². The lowest BCUT2D eigenvalue weighted by atomic mass is 10.0. The van der Waals surface area contributed by atoms with Crippen LogP contribution in [-0.4, -0.2) is 33.9 Å². The van der Waals surface area contributed by atoms with Crippen molar-refractivity contribution in [3.63, 3.8) is 0 Å². The van der Waals surface area contributed by atoms with Crippen LogP contribution in [0.3, 0.4) is 0 Å². The molecule has 0 aliphatic carbocycles. The number of nitrogens with zero attached hydrogens (tertiary/aromatic N) is 4. The molecule has 178 valence electrons. The van der Waals surface area contributed by atoms with Gasteiger partial charge in [0, 0.05) is 72.2 Å². The summed E-state index contributed by atoms with van der Waals surface area (Å²) in [5.41, 5.74) is 5.43. The lowest BCUT2D eigenvalue weighted by Gasteiger charge is -2.20. The van der Waals surface area contributed by atoms with E-state index in [0.717, 1.165) is 39.0 Å². The topological polar surface area (TPSA) is 60.4 Å². The van der Waals surface area contributed by atoms with Crippen LogP contribution in [0.2, 0.25) is 5.02 Å². The van der Waals surface area contributed by atoms with Crippen LogP contribution in [0.1, 0.15) is 22.4 Å². The van der Waals surface area contributed by atoms with Crippen molar-refractivity contribution in [2.75, 3.05) is 14.1 Å². The molecule has 0 unspecified atom stereocenters. The average molecular weight is 487 g/mol. The monoisotopic (exact) mass is 486 g/mol. The van der Waals surface area contributed by atoms with E-state index in [4.69, 9.17) is 26.1 Å². The molecule has 35 heavy (non-hydrogen) atoms. The molecule has 0 amide bonds. The molecular weight excluding hydrogens is 460 g/mol. The third-order valence-corrected chi connectivity index (χ3v) is 5.77. The Hall–Kier alpha value is -3.90. The molecular formula is C28H27ClN4O2. The number of ether oxygens (including phenoxy) is 2. The van der Waals surface area contributed by atoms with E-state index in [1.165, 1.54) is 0 Å². The van der Waals surface area contributed by atoms with E-state index in [1.807, 2.05) is 51.4 Å². The van der Waals surface area contributed by atoms with Gasteiger partial charge < -0.3 is 14.4 Å². The van der Waals surface area contributed by atoms with Crippen LogP contribution in [0, 0.1) is 6.92 Å². The largest absolute Gasteiger partial charge is 0.487 e. The highest BCUT2D eigenvalue weighted by Gasteiger charge is 2.15. The first-order valence-corrected chi connectivity index (χ1v) is 11.5. The van der Waals surface area contributed by atoms with Crippen molar-refractivity contribution in [1.29, 1.82) is 0 Å². The fraction of sp³-hybridized carbons (Fsp3) is 0.179. The van der Waals surface area contributed by atoms with E-state index in [-0.39, 0.29) is 13.2 Å². The summed E-state index contributed by atoms with van der Waals surface area (Å²) in [6.07, 6.45) is 8.81. The number of halogens is 1. The molecule has 0 saturated carbocycles. The quantitative estimate of drug-likeness (QED) is 0.261. The molecule has 4 aromatic rings. The molecule has 3 aromatic heterocycles.